The normalized spacial score (nSPS) is 16.8. The molecule has 0 aromatic heterocycles. The Morgan fingerprint density at radius 3 is 2.75 bits per heavy atom. The molecule has 0 radical (unpaired) electrons. The number of rotatable bonds is 6. The van der Waals surface area contributed by atoms with Crippen LogP contribution >= 0.6 is 24.2 Å². The maximum atomic E-state index is 12.3. The van der Waals surface area contributed by atoms with Crippen molar-refractivity contribution < 1.29 is 9.59 Å². The van der Waals surface area contributed by atoms with Gasteiger partial charge in [-0.25, -0.2) is 0 Å². The summed E-state index contributed by atoms with van der Waals surface area (Å²) in [6.07, 6.45) is 0.478. The molecule has 1 saturated heterocycles. The second-order valence-corrected chi connectivity index (χ2v) is 6.82. The van der Waals surface area contributed by atoms with Gasteiger partial charge in [0, 0.05) is 56.2 Å². The standard InChI is InChI=1S/C17H25N3O2S.ClH/c1-3-20(13(2)21)11-14-6-4-5-7-16(14)19-17(22)10-15-12-23-9-8-18-15;/h4-7,15,18H,3,8-12H2,1-2H3,(H,19,22);1H. The van der Waals surface area contributed by atoms with Crippen LogP contribution in [0.3, 0.4) is 0 Å². The molecule has 134 valence electrons. The molecule has 5 nitrogen and oxygen atoms in total. The zero-order valence-corrected chi connectivity index (χ0v) is 15.8. The number of anilines is 1. The van der Waals surface area contributed by atoms with E-state index >= 15 is 0 Å². The van der Waals surface area contributed by atoms with Crippen molar-refractivity contribution in [3.05, 3.63) is 29.8 Å². The van der Waals surface area contributed by atoms with Crippen LogP contribution in [0, 0.1) is 0 Å². The second-order valence-electron chi connectivity index (χ2n) is 5.67. The summed E-state index contributed by atoms with van der Waals surface area (Å²) in [4.78, 5) is 25.6. The predicted molar refractivity (Wildman–Crippen MR) is 103 cm³/mol. The fraction of sp³-hybridized carbons (Fsp3) is 0.529. The Morgan fingerprint density at radius 1 is 1.38 bits per heavy atom. The first-order chi connectivity index (χ1) is 11.1. The maximum Gasteiger partial charge on any atom is 0.225 e. The number of hydrogen-bond donors (Lipinski definition) is 2. The minimum Gasteiger partial charge on any atom is -0.339 e. The maximum absolute atomic E-state index is 12.3. The molecule has 1 aliphatic rings. The first-order valence-corrected chi connectivity index (χ1v) is 9.20. The Kier molecular flexibility index (Phi) is 9.18. The number of halogens is 1. The van der Waals surface area contributed by atoms with Crippen LogP contribution in [0.1, 0.15) is 25.8 Å². The average molecular weight is 372 g/mol. The minimum atomic E-state index is 0. The van der Waals surface area contributed by atoms with E-state index in [1.54, 1.807) is 11.8 Å². The molecule has 2 rings (SSSR count). The molecule has 1 fully saturated rings. The van der Waals surface area contributed by atoms with Crippen molar-refractivity contribution >= 4 is 41.7 Å². The Labute approximate surface area is 154 Å². The van der Waals surface area contributed by atoms with Gasteiger partial charge in [0.25, 0.3) is 0 Å². The van der Waals surface area contributed by atoms with Crippen molar-refractivity contribution in [3.63, 3.8) is 0 Å². The third-order valence-electron chi connectivity index (χ3n) is 3.91. The molecule has 1 heterocycles. The van der Waals surface area contributed by atoms with E-state index in [9.17, 15) is 9.59 Å². The van der Waals surface area contributed by atoms with Crippen LogP contribution in [-0.4, -0.2) is 47.4 Å². The highest BCUT2D eigenvalue weighted by molar-refractivity contribution is 7.99. The zero-order chi connectivity index (χ0) is 16.7. The average Bonchev–Trinajstić information content (AvgIpc) is 2.54. The van der Waals surface area contributed by atoms with E-state index in [1.807, 2.05) is 43.0 Å². The van der Waals surface area contributed by atoms with E-state index < -0.39 is 0 Å². The van der Waals surface area contributed by atoms with Gasteiger partial charge in [0.1, 0.15) is 0 Å². The summed E-state index contributed by atoms with van der Waals surface area (Å²) in [6, 6.07) is 7.92. The Balaban J connectivity index is 0.00000288. The lowest BCUT2D eigenvalue weighted by molar-refractivity contribution is -0.129. The summed E-state index contributed by atoms with van der Waals surface area (Å²) in [5.74, 6) is 2.14. The molecule has 7 heteroatoms. The van der Waals surface area contributed by atoms with E-state index in [0.29, 0.717) is 19.5 Å². The number of carbonyl (C=O) groups is 2. The van der Waals surface area contributed by atoms with Crippen LogP contribution in [0.15, 0.2) is 24.3 Å². The monoisotopic (exact) mass is 371 g/mol. The van der Waals surface area contributed by atoms with Crippen LogP contribution in [0.2, 0.25) is 0 Å². The quantitative estimate of drug-likeness (QED) is 0.806. The summed E-state index contributed by atoms with van der Waals surface area (Å²) in [5, 5.41) is 6.37. The zero-order valence-electron chi connectivity index (χ0n) is 14.2. The van der Waals surface area contributed by atoms with Gasteiger partial charge in [-0.15, -0.1) is 12.4 Å². The lowest BCUT2D eigenvalue weighted by Gasteiger charge is -2.23. The second kappa shape index (κ2) is 10.6. The molecule has 0 bridgehead atoms. The van der Waals surface area contributed by atoms with Crippen LogP contribution in [0.5, 0.6) is 0 Å². The lowest BCUT2D eigenvalue weighted by Crippen LogP contribution is -2.40. The number of para-hydroxylation sites is 1. The molecular weight excluding hydrogens is 346 g/mol. The van der Waals surface area contributed by atoms with Gasteiger partial charge in [-0.3, -0.25) is 9.59 Å². The van der Waals surface area contributed by atoms with Crippen molar-refractivity contribution in [2.24, 2.45) is 0 Å². The van der Waals surface area contributed by atoms with Gasteiger partial charge < -0.3 is 15.5 Å². The van der Waals surface area contributed by atoms with Gasteiger partial charge in [-0.1, -0.05) is 18.2 Å². The molecule has 2 N–H and O–H groups in total. The largest absolute Gasteiger partial charge is 0.339 e. The highest BCUT2D eigenvalue weighted by atomic mass is 35.5. The van der Waals surface area contributed by atoms with Crippen molar-refractivity contribution in [1.29, 1.82) is 0 Å². The van der Waals surface area contributed by atoms with Crippen molar-refractivity contribution in [1.82, 2.24) is 10.2 Å². The number of amides is 2. The first-order valence-electron chi connectivity index (χ1n) is 8.04. The molecule has 0 spiro atoms. The van der Waals surface area contributed by atoms with Gasteiger partial charge in [0.2, 0.25) is 11.8 Å². The van der Waals surface area contributed by atoms with Crippen LogP contribution < -0.4 is 10.6 Å². The molecular formula is C17H26ClN3O2S. The molecule has 1 aliphatic heterocycles. The van der Waals surface area contributed by atoms with Crippen molar-refractivity contribution in [2.45, 2.75) is 32.9 Å². The third kappa shape index (κ3) is 6.34. The molecule has 1 aromatic rings. The van der Waals surface area contributed by atoms with Crippen LogP contribution in [-0.2, 0) is 16.1 Å². The first kappa shape index (κ1) is 20.8. The molecule has 1 atom stereocenters. The number of nitrogens with one attached hydrogen (secondary N) is 2. The van der Waals surface area contributed by atoms with E-state index in [0.717, 1.165) is 29.3 Å². The highest BCUT2D eigenvalue weighted by Crippen LogP contribution is 2.18. The topological polar surface area (TPSA) is 61.4 Å². The molecule has 2 amide bonds. The molecule has 1 aromatic carbocycles. The van der Waals surface area contributed by atoms with Gasteiger partial charge in [0.05, 0.1) is 0 Å². The number of benzene rings is 1. The predicted octanol–water partition coefficient (Wildman–Crippen LogP) is 2.51. The molecule has 1 unspecified atom stereocenters. The van der Waals surface area contributed by atoms with Crippen LogP contribution in [0.25, 0.3) is 0 Å². The molecule has 0 saturated carbocycles. The number of thioether (sulfide) groups is 1. The molecule has 24 heavy (non-hydrogen) atoms. The summed E-state index contributed by atoms with van der Waals surface area (Å²) in [7, 11) is 0. The fourth-order valence-electron chi connectivity index (χ4n) is 2.61. The van der Waals surface area contributed by atoms with E-state index in [4.69, 9.17) is 0 Å². The minimum absolute atomic E-state index is 0. The Morgan fingerprint density at radius 2 is 2.12 bits per heavy atom. The van der Waals surface area contributed by atoms with Gasteiger partial charge in [0.15, 0.2) is 0 Å². The summed E-state index contributed by atoms with van der Waals surface area (Å²) in [6.45, 7) is 5.65. The molecule has 0 aliphatic carbocycles. The van der Waals surface area contributed by atoms with Gasteiger partial charge in [-0.05, 0) is 18.6 Å². The van der Waals surface area contributed by atoms with E-state index in [-0.39, 0.29) is 30.3 Å². The van der Waals surface area contributed by atoms with E-state index in [1.165, 1.54) is 0 Å². The number of hydrogen-bond acceptors (Lipinski definition) is 4. The lowest BCUT2D eigenvalue weighted by atomic mass is 10.1. The third-order valence-corrected chi connectivity index (χ3v) is 5.04. The number of carbonyl (C=O) groups excluding carboxylic acids is 2. The van der Waals surface area contributed by atoms with Crippen molar-refractivity contribution in [2.75, 3.05) is 29.9 Å². The van der Waals surface area contributed by atoms with Crippen LogP contribution in [0.4, 0.5) is 5.69 Å². The summed E-state index contributed by atoms with van der Waals surface area (Å²) in [5.41, 5.74) is 1.75. The number of nitrogens with zero attached hydrogens (tertiary/aromatic N) is 1. The summed E-state index contributed by atoms with van der Waals surface area (Å²) >= 11 is 1.88. The highest BCUT2D eigenvalue weighted by Gasteiger charge is 2.18. The Hall–Kier alpha value is -1.24. The van der Waals surface area contributed by atoms with Gasteiger partial charge >= 0.3 is 0 Å². The smallest absolute Gasteiger partial charge is 0.225 e. The van der Waals surface area contributed by atoms with Crippen molar-refractivity contribution in [3.8, 4) is 0 Å². The fourth-order valence-corrected chi connectivity index (χ4v) is 3.56. The van der Waals surface area contributed by atoms with Gasteiger partial charge in [-0.2, -0.15) is 11.8 Å². The Bertz CT molecular complexity index is 550. The SMILES string of the molecule is CCN(Cc1ccccc1NC(=O)CC1CSCCN1)C(C)=O.Cl. The van der Waals surface area contributed by atoms with E-state index in [2.05, 4.69) is 10.6 Å². The summed E-state index contributed by atoms with van der Waals surface area (Å²) < 4.78 is 0.